The molecule has 2 N–H and O–H groups in total. The fourth-order valence-corrected chi connectivity index (χ4v) is 4.65. The van der Waals surface area contributed by atoms with Gasteiger partial charge in [0, 0.05) is 11.1 Å². The minimum absolute atomic E-state index is 0.0214. The summed E-state index contributed by atoms with van der Waals surface area (Å²) in [5, 5.41) is 13.6. The van der Waals surface area contributed by atoms with Crippen molar-refractivity contribution in [2.24, 2.45) is 35.5 Å². The maximum Gasteiger partial charge on any atom is 0.247 e. The zero-order valence-electron chi connectivity index (χ0n) is 17.5. The predicted molar refractivity (Wildman–Crippen MR) is 109 cm³/mol. The highest BCUT2D eigenvalue weighted by atomic mass is 16.3. The number of aliphatic hydroxyl groups is 1. The van der Waals surface area contributed by atoms with Crippen molar-refractivity contribution >= 4 is 5.91 Å². The Morgan fingerprint density at radius 1 is 1.19 bits per heavy atom. The maximum atomic E-state index is 12.2. The van der Waals surface area contributed by atoms with Gasteiger partial charge in [-0.25, -0.2) is 0 Å². The molecule has 1 saturated carbocycles. The van der Waals surface area contributed by atoms with E-state index >= 15 is 0 Å². The van der Waals surface area contributed by atoms with E-state index in [0.717, 1.165) is 12.0 Å². The molecule has 2 aliphatic rings. The van der Waals surface area contributed by atoms with Crippen LogP contribution in [0.2, 0.25) is 0 Å². The minimum Gasteiger partial charge on any atom is -0.393 e. The Morgan fingerprint density at radius 2 is 1.85 bits per heavy atom. The van der Waals surface area contributed by atoms with E-state index in [0.29, 0.717) is 35.5 Å². The Kier molecular flexibility index (Phi) is 6.55. The molecule has 0 heterocycles. The molecule has 146 valence electrons. The van der Waals surface area contributed by atoms with E-state index in [1.807, 2.05) is 39.8 Å². The highest BCUT2D eigenvalue weighted by Crippen LogP contribution is 2.48. The summed E-state index contributed by atoms with van der Waals surface area (Å²) in [6, 6.07) is 0. The summed E-state index contributed by atoms with van der Waals surface area (Å²) >= 11 is 0. The molecule has 0 aromatic carbocycles. The van der Waals surface area contributed by atoms with Gasteiger partial charge < -0.3 is 10.4 Å². The first-order chi connectivity index (χ1) is 12.0. The number of carbonyl (C=O) groups excluding carboxylic acids is 1. The lowest BCUT2D eigenvalue weighted by Gasteiger charge is -2.48. The van der Waals surface area contributed by atoms with Crippen LogP contribution in [0.25, 0.3) is 0 Å². The van der Waals surface area contributed by atoms with Gasteiger partial charge in [-0.1, -0.05) is 51.2 Å². The van der Waals surface area contributed by atoms with E-state index in [9.17, 15) is 9.90 Å². The Labute approximate surface area is 159 Å². The van der Waals surface area contributed by atoms with Crippen molar-refractivity contribution in [3.63, 3.8) is 0 Å². The molecule has 0 aliphatic heterocycles. The number of fused-ring (bicyclic) bond motifs is 1. The SMILES string of the molecule is C/C(=C\C=C\[C@@H]1[C@@H]2[C@H](C)[C@@H](O)[C@H](C)C[C@@H]2C=C[C@H]1C)C(=O)NC(C)(C)C. The lowest BCUT2D eigenvalue weighted by atomic mass is 9.58. The number of allylic oxidation sites excluding steroid dienone is 5. The van der Waals surface area contributed by atoms with Gasteiger partial charge in [-0.15, -0.1) is 0 Å². The monoisotopic (exact) mass is 359 g/mol. The molecule has 3 heteroatoms. The van der Waals surface area contributed by atoms with E-state index in [1.54, 1.807) is 0 Å². The first kappa shape index (κ1) is 21.0. The first-order valence-corrected chi connectivity index (χ1v) is 10.0. The third-order valence-corrected chi connectivity index (χ3v) is 6.11. The van der Waals surface area contributed by atoms with Gasteiger partial charge in [0.05, 0.1) is 6.10 Å². The molecule has 0 bridgehead atoms. The highest BCUT2D eigenvalue weighted by molar-refractivity contribution is 5.93. The molecule has 1 amide bonds. The average Bonchev–Trinajstić information content (AvgIpc) is 2.53. The Hall–Kier alpha value is -1.35. The molecular weight excluding hydrogens is 322 g/mol. The molecule has 0 unspecified atom stereocenters. The molecule has 3 nitrogen and oxygen atoms in total. The number of carbonyl (C=O) groups is 1. The molecule has 0 spiro atoms. The molecular formula is C23H37NO2. The number of hydrogen-bond acceptors (Lipinski definition) is 2. The molecule has 0 radical (unpaired) electrons. The lowest BCUT2D eigenvalue weighted by molar-refractivity contribution is -0.118. The normalized spacial score (nSPS) is 38.3. The lowest BCUT2D eigenvalue weighted by Crippen LogP contribution is -2.46. The highest BCUT2D eigenvalue weighted by Gasteiger charge is 2.44. The van der Waals surface area contributed by atoms with Crippen LogP contribution in [0, 0.1) is 35.5 Å². The van der Waals surface area contributed by atoms with E-state index in [-0.39, 0.29) is 17.6 Å². The third kappa shape index (κ3) is 4.88. The Balaban J connectivity index is 2.14. The molecule has 1 fully saturated rings. The fraction of sp³-hybridized carbons (Fsp3) is 0.696. The Bertz CT molecular complexity index is 596. The predicted octanol–water partition coefficient (Wildman–Crippen LogP) is 4.49. The number of hydrogen-bond donors (Lipinski definition) is 2. The van der Waals surface area contributed by atoms with Crippen molar-refractivity contribution in [1.29, 1.82) is 0 Å². The van der Waals surface area contributed by atoms with E-state index in [1.165, 1.54) is 0 Å². The van der Waals surface area contributed by atoms with Crippen LogP contribution in [0.4, 0.5) is 0 Å². The van der Waals surface area contributed by atoms with Crippen LogP contribution in [0.1, 0.15) is 54.9 Å². The van der Waals surface area contributed by atoms with Crippen LogP contribution < -0.4 is 5.32 Å². The van der Waals surface area contributed by atoms with Gasteiger partial charge in [0.1, 0.15) is 0 Å². The van der Waals surface area contributed by atoms with Gasteiger partial charge in [-0.05, 0) is 69.6 Å². The molecule has 0 aromatic rings. The van der Waals surface area contributed by atoms with Gasteiger partial charge in [0.25, 0.3) is 0 Å². The zero-order chi connectivity index (χ0) is 19.6. The second-order valence-electron chi connectivity index (χ2n) is 9.56. The van der Waals surface area contributed by atoms with Crippen LogP contribution in [-0.4, -0.2) is 22.7 Å². The second kappa shape index (κ2) is 8.12. The second-order valence-corrected chi connectivity index (χ2v) is 9.56. The fourth-order valence-electron chi connectivity index (χ4n) is 4.65. The minimum atomic E-state index is -0.226. The van der Waals surface area contributed by atoms with Crippen LogP contribution in [0.15, 0.2) is 36.0 Å². The van der Waals surface area contributed by atoms with Crippen LogP contribution >= 0.6 is 0 Å². The zero-order valence-corrected chi connectivity index (χ0v) is 17.5. The van der Waals surface area contributed by atoms with Gasteiger partial charge in [0.15, 0.2) is 0 Å². The number of rotatable bonds is 3. The van der Waals surface area contributed by atoms with Gasteiger partial charge in [-0.2, -0.15) is 0 Å². The van der Waals surface area contributed by atoms with Crippen molar-refractivity contribution in [1.82, 2.24) is 5.32 Å². The third-order valence-electron chi connectivity index (χ3n) is 6.11. The van der Waals surface area contributed by atoms with Crippen LogP contribution in [-0.2, 0) is 4.79 Å². The molecule has 2 rings (SSSR count). The molecule has 7 atom stereocenters. The summed E-state index contributed by atoms with van der Waals surface area (Å²) in [4.78, 5) is 12.2. The van der Waals surface area contributed by atoms with Crippen molar-refractivity contribution in [2.75, 3.05) is 0 Å². The molecule has 26 heavy (non-hydrogen) atoms. The van der Waals surface area contributed by atoms with E-state index in [2.05, 4.69) is 44.3 Å². The first-order valence-electron chi connectivity index (χ1n) is 10.0. The maximum absolute atomic E-state index is 12.2. The van der Waals surface area contributed by atoms with Crippen LogP contribution in [0.3, 0.4) is 0 Å². The van der Waals surface area contributed by atoms with E-state index in [4.69, 9.17) is 0 Å². The summed E-state index contributed by atoms with van der Waals surface area (Å²) < 4.78 is 0. The van der Waals surface area contributed by atoms with Gasteiger partial charge >= 0.3 is 0 Å². The Morgan fingerprint density at radius 3 is 2.46 bits per heavy atom. The van der Waals surface area contributed by atoms with Gasteiger partial charge in [-0.3, -0.25) is 4.79 Å². The summed E-state index contributed by atoms with van der Waals surface area (Å²) in [5.74, 6) is 2.49. The summed E-state index contributed by atoms with van der Waals surface area (Å²) in [6.45, 7) is 14.4. The number of aliphatic hydroxyl groups excluding tert-OH is 1. The largest absolute Gasteiger partial charge is 0.393 e. The van der Waals surface area contributed by atoms with Crippen LogP contribution in [0.5, 0.6) is 0 Å². The molecule has 0 saturated heterocycles. The van der Waals surface area contributed by atoms with Crippen molar-refractivity contribution < 1.29 is 9.90 Å². The van der Waals surface area contributed by atoms with E-state index < -0.39 is 0 Å². The number of nitrogens with one attached hydrogen (secondary N) is 1. The standard InChI is InChI=1S/C23H37NO2/c1-14-11-12-18-13-16(3)21(25)17(4)20(18)19(14)10-8-9-15(2)22(26)24-23(5,6)7/h8-12,14,16-21,25H,13H2,1-7H3,(H,24,26)/b10-8+,15-9+/t14-,16-,17+,18+,19+,20-,21+/m1/s1. The molecule has 2 aliphatic carbocycles. The smallest absolute Gasteiger partial charge is 0.247 e. The van der Waals surface area contributed by atoms with Gasteiger partial charge in [0.2, 0.25) is 5.91 Å². The summed E-state index contributed by atoms with van der Waals surface area (Å²) in [5.41, 5.74) is 0.493. The van der Waals surface area contributed by atoms with Crippen molar-refractivity contribution in [3.05, 3.63) is 36.0 Å². The summed E-state index contributed by atoms with van der Waals surface area (Å²) in [6.07, 6.45) is 11.7. The molecule has 0 aromatic heterocycles. The van der Waals surface area contributed by atoms with Crippen molar-refractivity contribution in [3.8, 4) is 0 Å². The van der Waals surface area contributed by atoms with Crippen molar-refractivity contribution in [2.45, 2.75) is 66.5 Å². The summed E-state index contributed by atoms with van der Waals surface area (Å²) in [7, 11) is 0. The quantitative estimate of drug-likeness (QED) is 0.443. The average molecular weight is 360 g/mol. The number of amides is 1. The topological polar surface area (TPSA) is 49.3 Å².